The van der Waals surface area contributed by atoms with Crippen molar-refractivity contribution in [2.45, 2.75) is 45.4 Å². The second-order valence-electron chi connectivity index (χ2n) is 5.93. The highest BCUT2D eigenvalue weighted by Crippen LogP contribution is 2.39. The van der Waals surface area contributed by atoms with E-state index in [0.29, 0.717) is 11.4 Å². The fourth-order valence-electron chi connectivity index (χ4n) is 3.14. The van der Waals surface area contributed by atoms with Crippen LogP contribution in [0.5, 0.6) is 0 Å². The molecule has 0 spiro atoms. The summed E-state index contributed by atoms with van der Waals surface area (Å²) >= 11 is 0. The van der Waals surface area contributed by atoms with Crippen molar-refractivity contribution >= 4 is 10.0 Å². The van der Waals surface area contributed by atoms with E-state index in [1.165, 1.54) is 5.57 Å². The first-order valence-electron chi connectivity index (χ1n) is 7.79. The Bertz CT molecular complexity index is 699. The number of hydrogen-bond acceptors (Lipinski definition) is 2. The molecule has 0 saturated carbocycles. The summed E-state index contributed by atoms with van der Waals surface area (Å²) in [4.78, 5) is 0.363. The minimum atomic E-state index is -3.49. The van der Waals surface area contributed by atoms with Crippen molar-refractivity contribution in [3.63, 3.8) is 0 Å². The molecule has 0 aliphatic carbocycles. The SMILES string of the molecule is C=C(C)[C@@H]1CN(S(=O)(=O)c2ccc(C)cc2)C(CC)=C1CC. The molecule has 4 heteroatoms. The van der Waals surface area contributed by atoms with Crippen LogP contribution in [-0.2, 0) is 10.0 Å². The van der Waals surface area contributed by atoms with Crippen LogP contribution in [0.4, 0.5) is 0 Å². The predicted molar refractivity (Wildman–Crippen MR) is 91.0 cm³/mol. The van der Waals surface area contributed by atoms with Gasteiger partial charge in [-0.1, -0.05) is 43.7 Å². The van der Waals surface area contributed by atoms with E-state index in [9.17, 15) is 8.42 Å². The Morgan fingerprint density at radius 2 is 1.82 bits per heavy atom. The molecule has 1 atom stereocenters. The summed E-state index contributed by atoms with van der Waals surface area (Å²) in [6.07, 6.45) is 1.58. The summed E-state index contributed by atoms with van der Waals surface area (Å²) in [6, 6.07) is 7.07. The van der Waals surface area contributed by atoms with Gasteiger partial charge in [0.25, 0.3) is 10.0 Å². The molecule has 120 valence electrons. The molecule has 1 aromatic rings. The third-order valence-corrected chi connectivity index (χ3v) is 6.18. The molecule has 1 aliphatic heterocycles. The van der Waals surface area contributed by atoms with E-state index in [4.69, 9.17) is 0 Å². The number of aryl methyl sites for hydroxylation is 1. The number of sulfonamides is 1. The van der Waals surface area contributed by atoms with Crippen LogP contribution in [0.15, 0.2) is 52.6 Å². The molecule has 3 nitrogen and oxygen atoms in total. The molecule has 0 bridgehead atoms. The normalized spacial score (nSPS) is 18.9. The lowest BCUT2D eigenvalue weighted by Gasteiger charge is -2.22. The minimum absolute atomic E-state index is 0.139. The highest BCUT2D eigenvalue weighted by molar-refractivity contribution is 7.89. The molecule has 1 heterocycles. The van der Waals surface area contributed by atoms with E-state index in [1.54, 1.807) is 16.4 Å². The molecule has 1 aromatic carbocycles. The zero-order valence-corrected chi connectivity index (χ0v) is 14.7. The van der Waals surface area contributed by atoms with Gasteiger partial charge in [-0.15, -0.1) is 0 Å². The third kappa shape index (κ3) is 2.84. The smallest absolute Gasteiger partial charge is 0.264 e. The lowest BCUT2D eigenvalue weighted by Crippen LogP contribution is -2.29. The number of nitrogens with zero attached hydrogens (tertiary/aromatic N) is 1. The lowest BCUT2D eigenvalue weighted by molar-refractivity contribution is 0.473. The molecule has 0 amide bonds. The van der Waals surface area contributed by atoms with Crippen molar-refractivity contribution in [3.05, 3.63) is 53.3 Å². The summed E-state index contributed by atoms with van der Waals surface area (Å²) in [5, 5.41) is 0. The van der Waals surface area contributed by atoms with Gasteiger partial charge in [-0.2, -0.15) is 0 Å². The second-order valence-corrected chi connectivity index (χ2v) is 7.79. The van der Waals surface area contributed by atoms with Gasteiger partial charge in [0.1, 0.15) is 0 Å². The van der Waals surface area contributed by atoms with E-state index in [-0.39, 0.29) is 5.92 Å². The Morgan fingerprint density at radius 1 is 1.23 bits per heavy atom. The zero-order chi connectivity index (χ0) is 16.5. The van der Waals surface area contributed by atoms with Crippen molar-refractivity contribution < 1.29 is 8.42 Å². The molecule has 2 rings (SSSR count). The van der Waals surface area contributed by atoms with Crippen LogP contribution in [0.2, 0.25) is 0 Å². The number of hydrogen-bond donors (Lipinski definition) is 0. The highest BCUT2D eigenvalue weighted by Gasteiger charge is 2.37. The lowest BCUT2D eigenvalue weighted by atomic mass is 9.92. The maximum atomic E-state index is 13.0. The van der Waals surface area contributed by atoms with Crippen LogP contribution in [0, 0.1) is 12.8 Å². The van der Waals surface area contributed by atoms with Crippen molar-refractivity contribution in [2.75, 3.05) is 6.54 Å². The fraction of sp³-hybridized carbons (Fsp3) is 0.444. The molecule has 1 aliphatic rings. The van der Waals surface area contributed by atoms with Gasteiger partial charge < -0.3 is 0 Å². The standard InChI is InChI=1S/C18H25NO2S/c1-6-16-17(13(3)4)12-19(18(16)7-2)22(20,21)15-10-8-14(5)9-11-15/h8-11,17H,3,6-7,12H2,1-2,4-5H3/t17-/m0/s1. The summed E-state index contributed by atoms with van der Waals surface area (Å²) < 4.78 is 27.6. The number of rotatable bonds is 5. The van der Waals surface area contributed by atoms with Gasteiger partial charge in [0.2, 0.25) is 0 Å². The monoisotopic (exact) mass is 319 g/mol. The van der Waals surface area contributed by atoms with Crippen LogP contribution < -0.4 is 0 Å². The first kappa shape index (κ1) is 16.8. The largest absolute Gasteiger partial charge is 0.269 e. The number of benzene rings is 1. The molecule has 0 unspecified atom stereocenters. The Hall–Kier alpha value is -1.55. The van der Waals surface area contributed by atoms with Gasteiger partial charge in [0, 0.05) is 18.2 Å². The molecule has 0 fully saturated rings. The zero-order valence-electron chi connectivity index (χ0n) is 13.9. The fourth-order valence-corrected chi connectivity index (χ4v) is 4.75. The van der Waals surface area contributed by atoms with Gasteiger partial charge >= 0.3 is 0 Å². The molecule has 0 aromatic heterocycles. The predicted octanol–water partition coefficient (Wildman–Crippen LogP) is 4.27. The van der Waals surface area contributed by atoms with Crippen LogP contribution in [0.3, 0.4) is 0 Å². The van der Waals surface area contributed by atoms with Gasteiger partial charge in [0.15, 0.2) is 0 Å². The summed E-state index contributed by atoms with van der Waals surface area (Å²) in [5.74, 6) is 0.139. The first-order chi connectivity index (χ1) is 10.3. The molecule has 0 N–H and O–H groups in total. The summed E-state index contributed by atoms with van der Waals surface area (Å²) in [7, 11) is -3.49. The molecule has 0 saturated heterocycles. The van der Waals surface area contributed by atoms with Gasteiger partial charge in [-0.3, -0.25) is 4.31 Å². The third-order valence-electron chi connectivity index (χ3n) is 4.36. The summed E-state index contributed by atoms with van der Waals surface area (Å²) in [5.41, 5.74) is 4.24. The Kier molecular flexibility index (Phi) is 4.81. The Labute approximate surface area is 134 Å². The average molecular weight is 319 g/mol. The van der Waals surface area contributed by atoms with Crippen molar-refractivity contribution in [1.29, 1.82) is 0 Å². The van der Waals surface area contributed by atoms with Crippen molar-refractivity contribution in [1.82, 2.24) is 4.31 Å². The van der Waals surface area contributed by atoms with E-state index in [0.717, 1.165) is 29.7 Å². The molecule has 22 heavy (non-hydrogen) atoms. The van der Waals surface area contributed by atoms with Crippen molar-refractivity contribution in [2.24, 2.45) is 5.92 Å². The van der Waals surface area contributed by atoms with E-state index in [1.807, 2.05) is 32.9 Å². The molecular formula is C18H25NO2S. The summed E-state index contributed by atoms with van der Waals surface area (Å²) in [6.45, 7) is 12.6. The van der Waals surface area contributed by atoms with E-state index in [2.05, 4.69) is 13.5 Å². The number of allylic oxidation sites excluding steroid dienone is 1. The Morgan fingerprint density at radius 3 is 2.27 bits per heavy atom. The minimum Gasteiger partial charge on any atom is -0.269 e. The van der Waals surface area contributed by atoms with Crippen LogP contribution >= 0.6 is 0 Å². The van der Waals surface area contributed by atoms with Gasteiger partial charge in [0.05, 0.1) is 4.90 Å². The average Bonchev–Trinajstić information content (AvgIpc) is 2.87. The quantitative estimate of drug-likeness (QED) is 0.760. The molecular weight excluding hydrogens is 294 g/mol. The van der Waals surface area contributed by atoms with Crippen LogP contribution in [0.25, 0.3) is 0 Å². The first-order valence-corrected chi connectivity index (χ1v) is 9.23. The molecule has 0 radical (unpaired) electrons. The van der Waals surface area contributed by atoms with Crippen LogP contribution in [-0.4, -0.2) is 19.3 Å². The second kappa shape index (κ2) is 6.29. The van der Waals surface area contributed by atoms with E-state index >= 15 is 0 Å². The van der Waals surface area contributed by atoms with Gasteiger partial charge in [-0.25, -0.2) is 8.42 Å². The topological polar surface area (TPSA) is 37.4 Å². The highest BCUT2D eigenvalue weighted by atomic mass is 32.2. The Balaban J connectivity index is 2.49. The maximum Gasteiger partial charge on any atom is 0.264 e. The van der Waals surface area contributed by atoms with E-state index < -0.39 is 10.0 Å². The maximum absolute atomic E-state index is 13.0. The van der Waals surface area contributed by atoms with Crippen LogP contribution in [0.1, 0.15) is 39.2 Å². The van der Waals surface area contributed by atoms with Crippen molar-refractivity contribution in [3.8, 4) is 0 Å². The van der Waals surface area contributed by atoms with Gasteiger partial charge in [-0.05, 0) is 44.4 Å².